The fraction of sp³-hybridized carbons (Fsp3) is 0.154. The lowest BCUT2D eigenvalue weighted by molar-refractivity contribution is 0.0996. The van der Waals surface area contributed by atoms with Gasteiger partial charge < -0.3 is 19.2 Å². The van der Waals surface area contributed by atoms with Crippen molar-refractivity contribution in [2.45, 2.75) is 0 Å². The van der Waals surface area contributed by atoms with Gasteiger partial charge in [-0.2, -0.15) is 0 Å². The highest BCUT2D eigenvalue weighted by molar-refractivity contribution is 9.10. The predicted molar refractivity (Wildman–Crippen MR) is 73.9 cm³/mol. The second-order valence-corrected chi connectivity index (χ2v) is 4.47. The standard InChI is InChI=1S/C13H12BrNO4/c1-17-11-7-9(12(18-2)6-8(11)14)15-13(16)10-4-3-5-19-10/h3-7H,1-2H3,(H,15,16). The normalized spacial score (nSPS) is 10.1. The Bertz CT molecular complexity index is 581. The average Bonchev–Trinajstić information content (AvgIpc) is 2.94. The number of rotatable bonds is 4. The predicted octanol–water partition coefficient (Wildman–Crippen LogP) is 3.31. The first kappa shape index (κ1) is 13.5. The van der Waals surface area contributed by atoms with Crippen LogP contribution in [0.2, 0.25) is 0 Å². The van der Waals surface area contributed by atoms with Crippen molar-refractivity contribution in [2.75, 3.05) is 19.5 Å². The molecule has 0 unspecified atom stereocenters. The van der Waals surface area contributed by atoms with Gasteiger partial charge in [0.05, 0.1) is 30.6 Å². The van der Waals surface area contributed by atoms with Gasteiger partial charge in [-0.3, -0.25) is 4.79 Å². The number of carbonyl (C=O) groups excluding carboxylic acids is 1. The van der Waals surface area contributed by atoms with Crippen LogP contribution in [0, 0.1) is 0 Å². The smallest absolute Gasteiger partial charge is 0.291 e. The molecule has 6 heteroatoms. The molecule has 0 aliphatic rings. The first-order chi connectivity index (χ1) is 9.15. The number of benzene rings is 1. The maximum absolute atomic E-state index is 11.9. The molecule has 1 aromatic heterocycles. The third-order valence-corrected chi connectivity index (χ3v) is 3.09. The Hall–Kier alpha value is -1.95. The molecule has 0 saturated carbocycles. The number of halogens is 1. The van der Waals surface area contributed by atoms with E-state index in [4.69, 9.17) is 13.9 Å². The van der Waals surface area contributed by atoms with Gasteiger partial charge in [-0.1, -0.05) is 0 Å². The third kappa shape index (κ3) is 2.90. The van der Waals surface area contributed by atoms with Crippen LogP contribution in [0.1, 0.15) is 10.6 Å². The molecule has 0 saturated heterocycles. The molecule has 2 rings (SSSR count). The minimum atomic E-state index is -0.354. The summed E-state index contributed by atoms with van der Waals surface area (Å²) in [5.41, 5.74) is 0.504. The Morgan fingerprint density at radius 1 is 1.26 bits per heavy atom. The minimum absolute atomic E-state index is 0.226. The largest absolute Gasteiger partial charge is 0.495 e. The molecule has 0 radical (unpaired) electrons. The van der Waals surface area contributed by atoms with Crippen LogP contribution < -0.4 is 14.8 Å². The van der Waals surface area contributed by atoms with Gasteiger partial charge in [0.1, 0.15) is 11.5 Å². The molecule has 0 spiro atoms. The highest BCUT2D eigenvalue weighted by Gasteiger charge is 2.14. The molecule has 1 N–H and O–H groups in total. The lowest BCUT2D eigenvalue weighted by atomic mass is 10.2. The summed E-state index contributed by atoms with van der Waals surface area (Å²) in [5.74, 6) is 0.986. The number of amides is 1. The summed E-state index contributed by atoms with van der Waals surface area (Å²) in [6.07, 6.45) is 1.44. The zero-order chi connectivity index (χ0) is 13.8. The van der Waals surface area contributed by atoms with Crippen LogP contribution in [0.3, 0.4) is 0 Å². The first-order valence-electron chi connectivity index (χ1n) is 5.42. The van der Waals surface area contributed by atoms with Gasteiger partial charge in [-0.05, 0) is 28.1 Å². The SMILES string of the molecule is COc1cc(NC(=O)c2ccco2)c(OC)cc1Br. The van der Waals surface area contributed by atoms with Crippen LogP contribution in [-0.2, 0) is 0 Å². The van der Waals surface area contributed by atoms with Crippen LogP contribution in [0.4, 0.5) is 5.69 Å². The highest BCUT2D eigenvalue weighted by Crippen LogP contribution is 2.36. The van der Waals surface area contributed by atoms with Crippen LogP contribution in [0.25, 0.3) is 0 Å². The number of methoxy groups -OCH3 is 2. The van der Waals surface area contributed by atoms with Crippen molar-refractivity contribution in [3.05, 3.63) is 40.8 Å². The van der Waals surface area contributed by atoms with E-state index in [9.17, 15) is 4.79 Å². The monoisotopic (exact) mass is 325 g/mol. The molecule has 0 bridgehead atoms. The van der Waals surface area contributed by atoms with E-state index in [0.29, 0.717) is 17.2 Å². The summed E-state index contributed by atoms with van der Waals surface area (Å²) >= 11 is 3.35. The number of hydrogen-bond acceptors (Lipinski definition) is 4. The number of hydrogen-bond donors (Lipinski definition) is 1. The Labute approximate surface area is 118 Å². The van der Waals surface area contributed by atoms with E-state index >= 15 is 0 Å². The van der Waals surface area contributed by atoms with Crippen molar-refractivity contribution in [1.82, 2.24) is 0 Å². The molecular weight excluding hydrogens is 314 g/mol. The van der Waals surface area contributed by atoms with Crippen molar-refractivity contribution in [3.63, 3.8) is 0 Å². The van der Waals surface area contributed by atoms with E-state index in [-0.39, 0.29) is 11.7 Å². The van der Waals surface area contributed by atoms with Crippen LogP contribution >= 0.6 is 15.9 Å². The Balaban J connectivity index is 2.31. The lowest BCUT2D eigenvalue weighted by Crippen LogP contribution is -2.11. The van der Waals surface area contributed by atoms with E-state index in [0.717, 1.165) is 4.47 Å². The fourth-order valence-corrected chi connectivity index (χ4v) is 2.03. The Morgan fingerprint density at radius 3 is 2.58 bits per heavy atom. The van der Waals surface area contributed by atoms with Crippen molar-refractivity contribution < 1.29 is 18.7 Å². The van der Waals surface area contributed by atoms with Crippen molar-refractivity contribution in [3.8, 4) is 11.5 Å². The summed E-state index contributed by atoms with van der Waals surface area (Å²) in [7, 11) is 3.07. The van der Waals surface area contributed by atoms with Gasteiger partial charge in [-0.25, -0.2) is 0 Å². The Kier molecular flexibility index (Phi) is 4.11. The summed E-state index contributed by atoms with van der Waals surface area (Å²) in [5, 5.41) is 2.71. The van der Waals surface area contributed by atoms with Gasteiger partial charge in [0.25, 0.3) is 5.91 Å². The minimum Gasteiger partial charge on any atom is -0.495 e. The van der Waals surface area contributed by atoms with E-state index in [1.54, 1.807) is 31.4 Å². The molecule has 1 aromatic carbocycles. The highest BCUT2D eigenvalue weighted by atomic mass is 79.9. The summed E-state index contributed by atoms with van der Waals surface area (Å²) < 4.78 is 16.2. The van der Waals surface area contributed by atoms with E-state index < -0.39 is 0 Å². The summed E-state index contributed by atoms with van der Waals surface area (Å²) in [4.78, 5) is 11.9. The quantitative estimate of drug-likeness (QED) is 0.936. The molecule has 1 amide bonds. The zero-order valence-corrected chi connectivity index (χ0v) is 12.0. The van der Waals surface area contributed by atoms with Crippen LogP contribution in [-0.4, -0.2) is 20.1 Å². The maximum Gasteiger partial charge on any atom is 0.291 e. The van der Waals surface area contributed by atoms with Crippen molar-refractivity contribution in [1.29, 1.82) is 0 Å². The molecule has 5 nitrogen and oxygen atoms in total. The van der Waals surface area contributed by atoms with E-state index in [1.165, 1.54) is 13.4 Å². The molecule has 2 aromatic rings. The van der Waals surface area contributed by atoms with E-state index in [1.807, 2.05) is 0 Å². The number of anilines is 1. The average molecular weight is 326 g/mol. The molecule has 19 heavy (non-hydrogen) atoms. The molecule has 100 valence electrons. The molecule has 0 atom stereocenters. The number of nitrogens with one attached hydrogen (secondary N) is 1. The topological polar surface area (TPSA) is 60.7 Å². The molecular formula is C13H12BrNO4. The van der Waals surface area contributed by atoms with Crippen LogP contribution in [0.5, 0.6) is 11.5 Å². The molecule has 0 fully saturated rings. The molecule has 0 aliphatic carbocycles. The van der Waals surface area contributed by atoms with Crippen molar-refractivity contribution in [2.24, 2.45) is 0 Å². The first-order valence-corrected chi connectivity index (χ1v) is 6.21. The van der Waals surface area contributed by atoms with Gasteiger partial charge in [0.2, 0.25) is 0 Å². The van der Waals surface area contributed by atoms with Gasteiger partial charge in [0, 0.05) is 12.1 Å². The second-order valence-electron chi connectivity index (χ2n) is 3.62. The Morgan fingerprint density at radius 2 is 2.00 bits per heavy atom. The number of ether oxygens (including phenoxy) is 2. The summed E-state index contributed by atoms with van der Waals surface area (Å²) in [6.45, 7) is 0. The van der Waals surface area contributed by atoms with Gasteiger partial charge >= 0.3 is 0 Å². The van der Waals surface area contributed by atoms with Crippen LogP contribution in [0.15, 0.2) is 39.4 Å². The second kappa shape index (κ2) is 5.79. The molecule has 1 heterocycles. The van der Waals surface area contributed by atoms with Gasteiger partial charge in [-0.15, -0.1) is 0 Å². The van der Waals surface area contributed by atoms with E-state index in [2.05, 4.69) is 21.2 Å². The van der Waals surface area contributed by atoms with Gasteiger partial charge in [0.15, 0.2) is 5.76 Å². The number of carbonyl (C=O) groups is 1. The third-order valence-electron chi connectivity index (χ3n) is 2.47. The lowest BCUT2D eigenvalue weighted by Gasteiger charge is -2.12. The number of furan rings is 1. The summed E-state index contributed by atoms with van der Waals surface area (Å²) in [6, 6.07) is 6.62. The maximum atomic E-state index is 11.9. The fourth-order valence-electron chi connectivity index (χ4n) is 1.55. The zero-order valence-electron chi connectivity index (χ0n) is 10.4. The van der Waals surface area contributed by atoms with Crippen molar-refractivity contribution >= 4 is 27.5 Å². The molecule has 0 aliphatic heterocycles.